The Kier molecular flexibility index (Phi) is 8.17. The second-order valence-corrected chi connectivity index (χ2v) is 5.21. The molecule has 1 atom stereocenters. The molecule has 1 aliphatic heterocycles. The molecule has 2 rings (SSSR count). The SMILES string of the molecule is C=CCOCC(=O)N1CCNCC1c1ccc(CC)cc1.Cl. The maximum absolute atomic E-state index is 12.3. The van der Waals surface area contributed by atoms with Crippen LogP contribution in [0.1, 0.15) is 24.1 Å². The van der Waals surface area contributed by atoms with Crippen LogP contribution >= 0.6 is 12.4 Å². The molecule has 1 heterocycles. The summed E-state index contributed by atoms with van der Waals surface area (Å²) in [6.45, 7) is 8.60. The van der Waals surface area contributed by atoms with Gasteiger partial charge in [0.1, 0.15) is 6.61 Å². The molecule has 1 N–H and O–H groups in total. The number of aryl methyl sites for hydroxylation is 1. The maximum Gasteiger partial charge on any atom is 0.249 e. The number of benzene rings is 1. The number of amides is 1. The van der Waals surface area contributed by atoms with Gasteiger partial charge in [-0.05, 0) is 17.5 Å². The van der Waals surface area contributed by atoms with Gasteiger partial charge in [0.05, 0.1) is 12.6 Å². The Morgan fingerprint density at radius 1 is 1.45 bits per heavy atom. The molecule has 1 aromatic rings. The van der Waals surface area contributed by atoms with E-state index in [0.717, 1.165) is 26.1 Å². The van der Waals surface area contributed by atoms with E-state index in [1.165, 1.54) is 11.1 Å². The Balaban J connectivity index is 0.00000242. The highest BCUT2D eigenvalue weighted by Gasteiger charge is 2.27. The van der Waals surface area contributed by atoms with Gasteiger partial charge < -0.3 is 15.0 Å². The number of ether oxygens (including phenoxy) is 1. The monoisotopic (exact) mass is 324 g/mol. The van der Waals surface area contributed by atoms with Gasteiger partial charge in [-0.3, -0.25) is 4.79 Å². The van der Waals surface area contributed by atoms with Gasteiger partial charge in [0.2, 0.25) is 5.91 Å². The van der Waals surface area contributed by atoms with E-state index in [1.54, 1.807) is 6.08 Å². The van der Waals surface area contributed by atoms with Crippen LogP contribution in [-0.2, 0) is 16.0 Å². The highest BCUT2D eigenvalue weighted by Crippen LogP contribution is 2.23. The Morgan fingerprint density at radius 2 is 2.18 bits per heavy atom. The van der Waals surface area contributed by atoms with Crippen molar-refractivity contribution in [3.05, 3.63) is 48.0 Å². The molecule has 1 aliphatic rings. The van der Waals surface area contributed by atoms with E-state index in [2.05, 4.69) is 43.1 Å². The molecule has 0 aliphatic carbocycles. The number of piperazine rings is 1. The van der Waals surface area contributed by atoms with Crippen molar-refractivity contribution < 1.29 is 9.53 Å². The molecule has 4 nitrogen and oxygen atoms in total. The molecule has 0 saturated carbocycles. The Hall–Kier alpha value is -1.36. The second-order valence-electron chi connectivity index (χ2n) is 5.21. The zero-order valence-corrected chi connectivity index (χ0v) is 13.9. The van der Waals surface area contributed by atoms with Crippen molar-refractivity contribution in [2.24, 2.45) is 0 Å². The van der Waals surface area contributed by atoms with Gasteiger partial charge in [0.25, 0.3) is 0 Å². The Bertz CT molecular complexity index is 476. The minimum absolute atomic E-state index is 0. The topological polar surface area (TPSA) is 41.6 Å². The van der Waals surface area contributed by atoms with Gasteiger partial charge in [-0.25, -0.2) is 0 Å². The minimum Gasteiger partial charge on any atom is -0.368 e. The first-order chi connectivity index (χ1) is 10.3. The van der Waals surface area contributed by atoms with Crippen molar-refractivity contribution in [1.29, 1.82) is 0 Å². The number of carbonyl (C=O) groups excluding carboxylic acids is 1. The summed E-state index contributed by atoms with van der Waals surface area (Å²) in [6, 6.07) is 8.62. The quantitative estimate of drug-likeness (QED) is 0.645. The number of hydrogen-bond acceptors (Lipinski definition) is 3. The first-order valence-corrected chi connectivity index (χ1v) is 7.54. The maximum atomic E-state index is 12.3. The molecule has 0 aromatic heterocycles. The van der Waals surface area contributed by atoms with Gasteiger partial charge in [0.15, 0.2) is 0 Å². The van der Waals surface area contributed by atoms with Gasteiger partial charge in [-0.1, -0.05) is 37.3 Å². The molecular formula is C17H25ClN2O2. The summed E-state index contributed by atoms with van der Waals surface area (Å²) in [4.78, 5) is 14.2. The zero-order chi connectivity index (χ0) is 15.1. The van der Waals surface area contributed by atoms with Gasteiger partial charge in [-0.15, -0.1) is 19.0 Å². The average Bonchev–Trinajstić information content (AvgIpc) is 2.55. The fourth-order valence-corrected chi connectivity index (χ4v) is 2.59. The first kappa shape index (κ1) is 18.7. The van der Waals surface area contributed by atoms with Crippen molar-refractivity contribution in [1.82, 2.24) is 10.2 Å². The largest absolute Gasteiger partial charge is 0.368 e. The van der Waals surface area contributed by atoms with Crippen LogP contribution in [0.2, 0.25) is 0 Å². The summed E-state index contributed by atoms with van der Waals surface area (Å²) in [5.74, 6) is 0.0444. The molecule has 1 unspecified atom stereocenters. The van der Waals surface area contributed by atoms with Crippen molar-refractivity contribution >= 4 is 18.3 Å². The summed E-state index contributed by atoms with van der Waals surface area (Å²) in [6.07, 6.45) is 2.69. The van der Waals surface area contributed by atoms with Crippen LogP contribution in [0.4, 0.5) is 0 Å². The fourth-order valence-electron chi connectivity index (χ4n) is 2.59. The molecule has 22 heavy (non-hydrogen) atoms. The molecule has 1 aromatic carbocycles. The van der Waals surface area contributed by atoms with Gasteiger partial charge in [0, 0.05) is 19.6 Å². The van der Waals surface area contributed by atoms with E-state index in [9.17, 15) is 4.79 Å². The van der Waals surface area contributed by atoms with E-state index >= 15 is 0 Å². The van der Waals surface area contributed by atoms with E-state index in [0.29, 0.717) is 6.61 Å². The number of carbonyl (C=O) groups is 1. The van der Waals surface area contributed by atoms with Crippen molar-refractivity contribution in [2.45, 2.75) is 19.4 Å². The van der Waals surface area contributed by atoms with Gasteiger partial charge in [-0.2, -0.15) is 0 Å². The highest BCUT2D eigenvalue weighted by atomic mass is 35.5. The lowest BCUT2D eigenvalue weighted by Gasteiger charge is -2.36. The molecule has 1 saturated heterocycles. The van der Waals surface area contributed by atoms with Gasteiger partial charge >= 0.3 is 0 Å². The molecule has 0 radical (unpaired) electrons. The Labute approximate surface area is 138 Å². The van der Waals surface area contributed by atoms with E-state index in [-0.39, 0.29) is 31.0 Å². The summed E-state index contributed by atoms with van der Waals surface area (Å²) in [7, 11) is 0. The molecule has 1 fully saturated rings. The summed E-state index contributed by atoms with van der Waals surface area (Å²) < 4.78 is 5.29. The van der Waals surface area contributed by atoms with Crippen molar-refractivity contribution in [3.8, 4) is 0 Å². The Morgan fingerprint density at radius 3 is 2.82 bits per heavy atom. The van der Waals surface area contributed by atoms with Crippen LogP contribution in [-0.4, -0.2) is 43.7 Å². The number of nitrogens with zero attached hydrogens (tertiary/aromatic N) is 1. The number of rotatable bonds is 6. The number of hydrogen-bond donors (Lipinski definition) is 1. The van der Waals surface area contributed by atoms with Crippen molar-refractivity contribution in [2.75, 3.05) is 32.8 Å². The molecule has 0 spiro atoms. The standard InChI is InChI=1S/C17H24N2O2.ClH/c1-3-11-21-13-17(20)19-10-9-18-12-16(19)15-7-5-14(4-2)6-8-15;/h3,5-8,16,18H,1,4,9-13H2,2H3;1H. The lowest BCUT2D eigenvalue weighted by Crippen LogP contribution is -2.49. The predicted octanol–water partition coefficient (Wildman–Crippen LogP) is 2.35. The third-order valence-electron chi connectivity index (χ3n) is 3.80. The second kappa shape index (κ2) is 9.62. The van der Waals surface area contributed by atoms with E-state index in [4.69, 9.17) is 4.74 Å². The zero-order valence-electron chi connectivity index (χ0n) is 13.1. The lowest BCUT2D eigenvalue weighted by molar-refractivity contribution is -0.139. The highest BCUT2D eigenvalue weighted by molar-refractivity contribution is 5.85. The fraction of sp³-hybridized carbons (Fsp3) is 0.471. The number of nitrogens with one attached hydrogen (secondary N) is 1. The van der Waals surface area contributed by atoms with Crippen LogP contribution in [0.15, 0.2) is 36.9 Å². The first-order valence-electron chi connectivity index (χ1n) is 7.54. The summed E-state index contributed by atoms with van der Waals surface area (Å²) >= 11 is 0. The molecule has 1 amide bonds. The summed E-state index contributed by atoms with van der Waals surface area (Å²) in [5.41, 5.74) is 2.49. The average molecular weight is 325 g/mol. The van der Waals surface area contributed by atoms with Crippen LogP contribution < -0.4 is 5.32 Å². The molecule has 122 valence electrons. The van der Waals surface area contributed by atoms with Crippen LogP contribution in [0.3, 0.4) is 0 Å². The smallest absolute Gasteiger partial charge is 0.249 e. The van der Waals surface area contributed by atoms with Crippen LogP contribution in [0, 0.1) is 0 Å². The third kappa shape index (κ3) is 4.83. The van der Waals surface area contributed by atoms with Crippen molar-refractivity contribution in [3.63, 3.8) is 0 Å². The molecule has 5 heteroatoms. The van der Waals surface area contributed by atoms with E-state index < -0.39 is 0 Å². The third-order valence-corrected chi connectivity index (χ3v) is 3.80. The normalized spacial score (nSPS) is 17.7. The minimum atomic E-state index is 0. The number of halogens is 1. The lowest BCUT2D eigenvalue weighted by atomic mass is 10.0. The van der Waals surface area contributed by atoms with Crippen LogP contribution in [0.25, 0.3) is 0 Å². The molecule has 0 bridgehead atoms. The summed E-state index contributed by atoms with van der Waals surface area (Å²) in [5, 5.41) is 3.36. The predicted molar refractivity (Wildman–Crippen MR) is 91.4 cm³/mol. The molecular weight excluding hydrogens is 300 g/mol. The van der Waals surface area contributed by atoms with E-state index in [1.807, 2.05) is 4.90 Å². The van der Waals surface area contributed by atoms with Crippen LogP contribution in [0.5, 0.6) is 0 Å².